The average Bonchev–Trinajstić information content (AvgIpc) is 3.58. The van der Waals surface area contributed by atoms with Crippen LogP contribution in [0.15, 0.2) is 24.3 Å². The highest BCUT2D eigenvalue weighted by Crippen LogP contribution is 2.28. The Labute approximate surface area is 172 Å². The molecule has 1 saturated carbocycles. The SMILES string of the molecule is COc1ccccc1OCC(=O)N(CCC(=O)NCCN1CCOCC1)C1CC1. The van der Waals surface area contributed by atoms with Gasteiger partial charge in [0.15, 0.2) is 18.1 Å². The number of hydrogen-bond acceptors (Lipinski definition) is 6. The lowest BCUT2D eigenvalue weighted by Gasteiger charge is -2.26. The van der Waals surface area contributed by atoms with Crippen LogP contribution in [0.3, 0.4) is 0 Å². The van der Waals surface area contributed by atoms with Gasteiger partial charge in [0.25, 0.3) is 5.91 Å². The number of carbonyl (C=O) groups is 2. The molecular weight excluding hydrogens is 374 g/mol. The van der Waals surface area contributed by atoms with E-state index in [1.54, 1.807) is 24.1 Å². The van der Waals surface area contributed by atoms with E-state index in [0.29, 0.717) is 31.0 Å². The van der Waals surface area contributed by atoms with Gasteiger partial charge in [-0.15, -0.1) is 0 Å². The number of ether oxygens (including phenoxy) is 3. The summed E-state index contributed by atoms with van der Waals surface area (Å²) in [5, 5.41) is 2.95. The van der Waals surface area contributed by atoms with Crippen LogP contribution in [0.4, 0.5) is 0 Å². The molecule has 2 aliphatic rings. The number of methoxy groups -OCH3 is 1. The summed E-state index contributed by atoms with van der Waals surface area (Å²) in [6, 6.07) is 7.48. The first-order valence-corrected chi connectivity index (χ1v) is 10.3. The Balaban J connectivity index is 1.38. The van der Waals surface area contributed by atoms with Gasteiger partial charge in [-0.25, -0.2) is 0 Å². The summed E-state index contributed by atoms with van der Waals surface area (Å²) in [6.07, 6.45) is 2.28. The monoisotopic (exact) mass is 405 g/mol. The number of para-hydroxylation sites is 2. The maximum Gasteiger partial charge on any atom is 0.260 e. The molecule has 1 aliphatic heterocycles. The molecule has 1 heterocycles. The van der Waals surface area contributed by atoms with Crippen molar-refractivity contribution in [3.8, 4) is 11.5 Å². The third-order valence-corrected chi connectivity index (χ3v) is 5.16. The molecule has 0 unspecified atom stereocenters. The number of nitrogens with zero attached hydrogens (tertiary/aromatic N) is 2. The molecule has 2 amide bonds. The van der Waals surface area contributed by atoms with Gasteiger partial charge in [-0.2, -0.15) is 0 Å². The van der Waals surface area contributed by atoms with E-state index in [0.717, 1.165) is 45.7 Å². The molecule has 1 aromatic rings. The van der Waals surface area contributed by atoms with Gasteiger partial charge in [-0.3, -0.25) is 14.5 Å². The summed E-state index contributed by atoms with van der Waals surface area (Å²) in [5.74, 6) is 1.01. The van der Waals surface area contributed by atoms with Crippen LogP contribution in [0, 0.1) is 0 Å². The van der Waals surface area contributed by atoms with Crippen molar-refractivity contribution in [3.05, 3.63) is 24.3 Å². The molecule has 0 spiro atoms. The lowest BCUT2D eigenvalue weighted by Crippen LogP contribution is -2.42. The largest absolute Gasteiger partial charge is 0.493 e. The second-order valence-electron chi connectivity index (χ2n) is 7.31. The average molecular weight is 405 g/mol. The number of morpholine rings is 1. The van der Waals surface area contributed by atoms with Crippen LogP contribution in [-0.4, -0.2) is 87.3 Å². The highest BCUT2D eigenvalue weighted by Gasteiger charge is 2.32. The van der Waals surface area contributed by atoms with Gasteiger partial charge in [0, 0.05) is 45.2 Å². The zero-order valence-electron chi connectivity index (χ0n) is 17.1. The van der Waals surface area contributed by atoms with Crippen LogP contribution in [0.2, 0.25) is 0 Å². The van der Waals surface area contributed by atoms with Gasteiger partial charge in [0.2, 0.25) is 5.91 Å². The third-order valence-electron chi connectivity index (χ3n) is 5.16. The minimum absolute atomic E-state index is 0.0256. The van der Waals surface area contributed by atoms with E-state index in [1.807, 2.05) is 12.1 Å². The third kappa shape index (κ3) is 6.90. The lowest BCUT2D eigenvalue weighted by molar-refractivity contribution is -0.134. The number of nitrogens with one attached hydrogen (secondary N) is 1. The molecule has 3 rings (SSSR count). The van der Waals surface area contributed by atoms with Gasteiger partial charge < -0.3 is 24.4 Å². The van der Waals surface area contributed by atoms with Crippen molar-refractivity contribution in [2.45, 2.75) is 25.3 Å². The first-order valence-electron chi connectivity index (χ1n) is 10.3. The Hall–Kier alpha value is -2.32. The number of rotatable bonds is 11. The Bertz CT molecular complexity index is 674. The lowest BCUT2D eigenvalue weighted by atomic mass is 10.3. The van der Waals surface area contributed by atoms with Crippen molar-refractivity contribution in [1.82, 2.24) is 15.1 Å². The Morgan fingerprint density at radius 1 is 1.21 bits per heavy atom. The summed E-state index contributed by atoms with van der Waals surface area (Å²) in [5.41, 5.74) is 0. The molecule has 1 aliphatic carbocycles. The number of carbonyl (C=O) groups excluding carboxylic acids is 2. The molecule has 8 nitrogen and oxygen atoms in total. The van der Waals surface area contributed by atoms with E-state index >= 15 is 0 Å². The predicted molar refractivity (Wildman–Crippen MR) is 108 cm³/mol. The van der Waals surface area contributed by atoms with E-state index in [-0.39, 0.29) is 24.5 Å². The number of hydrogen-bond donors (Lipinski definition) is 1. The second-order valence-corrected chi connectivity index (χ2v) is 7.31. The molecule has 0 atom stereocenters. The van der Waals surface area contributed by atoms with Crippen molar-refractivity contribution < 1.29 is 23.8 Å². The molecule has 0 radical (unpaired) electrons. The van der Waals surface area contributed by atoms with Crippen molar-refractivity contribution in [2.24, 2.45) is 0 Å². The smallest absolute Gasteiger partial charge is 0.260 e. The van der Waals surface area contributed by atoms with Crippen molar-refractivity contribution in [3.63, 3.8) is 0 Å². The van der Waals surface area contributed by atoms with E-state index < -0.39 is 0 Å². The quantitative estimate of drug-likeness (QED) is 0.589. The predicted octanol–water partition coefficient (Wildman–Crippen LogP) is 0.904. The Morgan fingerprint density at radius 3 is 2.62 bits per heavy atom. The van der Waals surface area contributed by atoms with Crippen LogP contribution >= 0.6 is 0 Å². The maximum atomic E-state index is 12.6. The first kappa shape index (κ1) is 21.4. The summed E-state index contributed by atoms with van der Waals surface area (Å²) < 4.78 is 16.2. The summed E-state index contributed by atoms with van der Waals surface area (Å²) >= 11 is 0. The van der Waals surface area contributed by atoms with Crippen molar-refractivity contribution in [2.75, 3.05) is 59.7 Å². The Morgan fingerprint density at radius 2 is 1.93 bits per heavy atom. The normalized spacial score (nSPS) is 16.9. The number of amides is 2. The minimum atomic E-state index is -0.0977. The van der Waals surface area contributed by atoms with Gasteiger partial charge in [0.1, 0.15) is 0 Å². The minimum Gasteiger partial charge on any atom is -0.493 e. The van der Waals surface area contributed by atoms with E-state index in [2.05, 4.69) is 10.2 Å². The molecule has 0 aromatic heterocycles. The topological polar surface area (TPSA) is 80.3 Å². The zero-order valence-corrected chi connectivity index (χ0v) is 17.1. The molecular formula is C21H31N3O5. The molecule has 2 fully saturated rings. The van der Waals surface area contributed by atoms with Gasteiger partial charge in [-0.05, 0) is 25.0 Å². The second kappa shape index (κ2) is 11.0. The van der Waals surface area contributed by atoms with Crippen molar-refractivity contribution in [1.29, 1.82) is 0 Å². The molecule has 1 N–H and O–H groups in total. The molecule has 8 heteroatoms. The summed E-state index contributed by atoms with van der Waals surface area (Å²) in [6.45, 7) is 5.13. The highest BCUT2D eigenvalue weighted by molar-refractivity contribution is 5.80. The number of benzene rings is 1. The zero-order chi connectivity index (χ0) is 20.5. The van der Waals surface area contributed by atoms with Gasteiger partial charge in [-0.1, -0.05) is 12.1 Å². The Kier molecular flexibility index (Phi) is 8.13. The van der Waals surface area contributed by atoms with E-state index in [4.69, 9.17) is 14.2 Å². The van der Waals surface area contributed by atoms with E-state index in [9.17, 15) is 9.59 Å². The molecule has 0 bridgehead atoms. The highest BCUT2D eigenvalue weighted by atomic mass is 16.5. The first-order chi connectivity index (χ1) is 14.2. The fourth-order valence-corrected chi connectivity index (χ4v) is 3.35. The summed E-state index contributed by atoms with van der Waals surface area (Å²) in [7, 11) is 1.57. The van der Waals surface area contributed by atoms with Crippen LogP contribution in [0.1, 0.15) is 19.3 Å². The van der Waals surface area contributed by atoms with E-state index in [1.165, 1.54) is 0 Å². The molecule has 1 saturated heterocycles. The van der Waals surface area contributed by atoms with Crippen LogP contribution in [-0.2, 0) is 14.3 Å². The standard InChI is InChI=1S/C21H31N3O5/c1-27-18-4-2-3-5-19(18)29-16-21(26)24(17-6-7-17)10-8-20(25)22-9-11-23-12-14-28-15-13-23/h2-5,17H,6-16H2,1H3,(H,22,25). The van der Waals surface area contributed by atoms with Crippen LogP contribution < -0.4 is 14.8 Å². The molecule has 29 heavy (non-hydrogen) atoms. The van der Waals surface area contributed by atoms with Gasteiger partial charge >= 0.3 is 0 Å². The van der Waals surface area contributed by atoms with Crippen molar-refractivity contribution >= 4 is 11.8 Å². The molecule has 160 valence electrons. The van der Waals surface area contributed by atoms with Gasteiger partial charge in [0.05, 0.1) is 20.3 Å². The maximum absolute atomic E-state index is 12.6. The fourth-order valence-electron chi connectivity index (χ4n) is 3.35. The summed E-state index contributed by atoms with van der Waals surface area (Å²) in [4.78, 5) is 28.9. The fraction of sp³-hybridized carbons (Fsp3) is 0.619. The molecule has 1 aromatic carbocycles. The van der Waals surface area contributed by atoms with Crippen LogP contribution in [0.25, 0.3) is 0 Å². The van der Waals surface area contributed by atoms with Crippen LogP contribution in [0.5, 0.6) is 11.5 Å².